The Labute approximate surface area is 199 Å². The van der Waals surface area contributed by atoms with Gasteiger partial charge in [0.2, 0.25) is 0 Å². The summed E-state index contributed by atoms with van der Waals surface area (Å²) < 4.78 is 0. The molecule has 0 spiro atoms. The van der Waals surface area contributed by atoms with Crippen molar-refractivity contribution in [2.75, 3.05) is 23.3 Å². The van der Waals surface area contributed by atoms with Gasteiger partial charge in [0.05, 0.1) is 17.3 Å². The maximum atomic E-state index is 9.12. The molecule has 0 unspecified atom stereocenters. The molecule has 2 aliphatic rings. The topological polar surface area (TPSA) is 104 Å². The Kier molecular flexibility index (Phi) is 7.52. The number of hydrogen-bond acceptors (Lipinski definition) is 7. The number of nitrogens with two attached hydrogens (primary N) is 1. The Morgan fingerprint density at radius 2 is 1.88 bits per heavy atom. The van der Waals surface area contributed by atoms with Crippen LogP contribution in [0.4, 0.5) is 17.5 Å². The van der Waals surface area contributed by atoms with E-state index in [1.54, 1.807) is 18.3 Å². The van der Waals surface area contributed by atoms with E-state index >= 15 is 0 Å². The lowest BCUT2D eigenvalue weighted by Gasteiger charge is -2.17. The van der Waals surface area contributed by atoms with Crippen LogP contribution in [0.1, 0.15) is 36.3 Å². The van der Waals surface area contributed by atoms with Gasteiger partial charge in [-0.2, -0.15) is 5.26 Å². The predicted molar refractivity (Wildman–Crippen MR) is 131 cm³/mol. The van der Waals surface area contributed by atoms with Crippen molar-refractivity contribution in [2.45, 2.75) is 31.2 Å². The number of rotatable bonds is 5. The van der Waals surface area contributed by atoms with E-state index < -0.39 is 0 Å². The van der Waals surface area contributed by atoms with E-state index in [2.05, 4.69) is 44.5 Å². The van der Waals surface area contributed by atoms with Crippen LogP contribution in [0, 0.1) is 11.3 Å². The van der Waals surface area contributed by atoms with E-state index in [1.807, 2.05) is 12.3 Å². The summed E-state index contributed by atoms with van der Waals surface area (Å²) in [6, 6.07) is 14.1. The second kappa shape index (κ2) is 10.1. The van der Waals surface area contributed by atoms with E-state index in [9.17, 15) is 0 Å². The number of pyridine rings is 3. The first kappa shape index (κ1) is 23.7. The Hall–Kier alpha value is -2.92. The summed E-state index contributed by atoms with van der Waals surface area (Å²) in [6.07, 6.45) is 6.93. The highest BCUT2D eigenvalue weighted by Gasteiger charge is 2.25. The van der Waals surface area contributed by atoms with Crippen molar-refractivity contribution in [3.8, 4) is 17.3 Å². The molecule has 0 amide bonds. The fourth-order valence-electron chi connectivity index (χ4n) is 3.84. The molecule has 3 aromatic rings. The molecule has 166 valence electrons. The molecule has 0 bridgehead atoms. The minimum absolute atomic E-state index is 0. The molecule has 2 fully saturated rings. The Balaban J connectivity index is 0.00000144. The van der Waals surface area contributed by atoms with Gasteiger partial charge in [0.15, 0.2) is 0 Å². The number of nitriles is 1. The zero-order valence-electron chi connectivity index (χ0n) is 17.4. The van der Waals surface area contributed by atoms with Crippen LogP contribution >= 0.6 is 24.8 Å². The van der Waals surface area contributed by atoms with Gasteiger partial charge < -0.3 is 16.0 Å². The van der Waals surface area contributed by atoms with Crippen LogP contribution in [0.2, 0.25) is 0 Å². The van der Waals surface area contributed by atoms with E-state index in [1.165, 1.54) is 18.4 Å². The number of nitrogens with one attached hydrogen (secondary N) is 1. The van der Waals surface area contributed by atoms with Crippen molar-refractivity contribution in [3.63, 3.8) is 0 Å². The van der Waals surface area contributed by atoms with Crippen molar-refractivity contribution in [1.82, 2.24) is 15.0 Å². The summed E-state index contributed by atoms with van der Waals surface area (Å²) in [4.78, 5) is 16.0. The van der Waals surface area contributed by atoms with Gasteiger partial charge in [-0.1, -0.05) is 0 Å². The molecule has 4 heterocycles. The van der Waals surface area contributed by atoms with Gasteiger partial charge >= 0.3 is 0 Å². The lowest BCUT2D eigenvalue weighted by atomic mass is 10.1. The highest BCUT2D eigenvalue weighted by Crippen LogP contribution is 2.42. The lowest BCUT2D eigenvalue weighted by Crippen LogP contribution is -2.26. The highest BCUT2D eigenvalue weighted by atomic mass is 35.5. The summed E-state index contributed by atoms with van der Waals surface area (Å²) >= 11 is 0. The molecule has 3 N–H and O–H groups in total. The molecule has 1 saturated heterocycles. The molecule has 1 saturated carbocycles. The minimum atomic E-state index is 0. The van der Waals surface area contributed by atoms with Crippen molar-refractivity contribution in [3.05, 3.63) is 59.9 Å². The highest BCUT2D eigenvalue weighted by molar-refractivity contribution is 5.85. The number of anilines is 3. The predicted octanol–water partition coefficient (Wildman–Crippen LogP) is 4.41. The van der Waals surface area contributed by atoms with E-state index in [4.69, 9.17) is 16.0 Å². The number of halogens is 2. The molecule has 5 rings (SSSR count). The number of aromatic nitrogens is 3. The molecule has 32 heavy (non-hydrogen) atoms. The van der Waals surface area contributed by atoms with Gasteiger partial charge in [0, 0.05) is 37.1 Å². The van der Waals surface area contributed by atoms with Crippen LogP contribution in [-0.4, -0.2) is 34.1 Å². The van der Waals surface area contributed by atoms with Crippen molar-refractivity contribution < 1.29 is 0 Å². The van der Waals surface area contributed by atoms with Crippen LogP contribution in [0.15, 0.2) is 48.8 Å². The monoisotopic (exact) mass is 469 g/mol. The summed E-state index contributed by atoms with van der Waals surface area (Å²) in [7, 11) is 0. The molecular formula is C23H25Cl2N7. The first-order chi connectivity index (χ1) is 14.7. The van der Waals surface area contributed by atoms with Crippen molar-refractivity contribution >= 4 is 42.3 Å². The van der Waals surface area contributed by atoms with Gasteiger partial charge in [0.25, 0.3) is 0 Å². The van der Waals surface area contributed by atoms with Crippen LogP contribution in [-0.2, 0) is 0 Å². The van der Waals surface area contributed by atoms with Crippen molar-refractivity contribution in [1.29, 1.82) is 5.26 Å². The molecule has 9 heteroatoms. The second-order valence-electron chi connectivity index (χ2n) is 8.01. The third-order valence-corrected chi connectivity index (χ3v) is 5.63. The smallest absolute Gasteiger partial charge is 0.132 e. The molecule has 1 atom stereocenters. The Morgan fingerprint density at radius 1 is 1.03 bits per heavy atom. The summed E-state index contributed by atoms with van der Waals surface area (Å²) in [6.45, 7) is 1.80. The molecule has 0 aromatic carbocycles. The number of nitrogens with zero attached hydrogens (tertiary/aromatic N) is 5. The van der Waals surface area contributed by atoms with Gasteiger partial charge in [-0.25, -0.2) is 15.0 Å². The summed E-state index contributed by atoms with van der Waals surface area (Å²) in [5.74, 6) is 2.89. The maximum Gasteiger partial charge on any atom is 0.132 e. The first-order valence-electron chi connectivity index (χ1n) is 10.3. The maximum absolute atomic E-state index is 9.12. The molecule has 3 aromatic heterocycles. The van der Waals surface area contributed by atoms with Gasteiger partial charge in [-0.15, -0.1) is 24.8 Å². The standard InChI is InChI=1S/C23H23N7.2ClH/c24-12-15-5-7-26-21(9-15)29-22-11-18(16-1-2-16)10-20(28-22)17-3-4-23(27-13-17)30-8-6-19(25)14-30;;/h3-5,7,9-11,13,16,19H,1-2,6,8,14,25H2,(H,26,28,29);2*1H/t19-;;/m1../s1. The minimum Gasteiger partial charge on any atom is -0.355 e. The third-order valence-electron chi connectivity index (χ3n) is 5.63. The average molecular weight is 470 g/mol. The van der Waals surface area contributed by atoms with E-state index in [-0.39, 0.29) is 30.9 Å². The zero-order chi connectivity index (χ0) is 20.5. The quantitative estimate of drug-likeness (QED) is 0.569. The summed E-state index contributed by atoms with van der Waals surface area (Å²) in [5.41, 5.74) is 9.72. The fourth-order valence-corrected chi connectivity index (χ4v) is 3.84. The van der Waals surface area contributed by atoms with Gasteiger partial charge in [-0.05, 0) is 67.1 Å². The molecular weight excluding hydrogens is 445 g/mol. The second-order valence-corrected chi connectivity index (χ2v) is 8.01. The third kappa shape index (κ3) is 5.28. The van der Waals surface area contributed by atoms with E-state index in [0.717, 1.165) is 42.4 Å². The summed E-state index contributed by atoms with van der Waals surface area (Å²) in [5, 5.41) is 12.4. The molecule has 1 aliphatic heterocycles. The lowest BCUT2D eigenvalue weighted by molar-refractivity contribution is 0.751. The largest absolute Gasteiger partial charge is 0.355 e. The Morgan fingerprint density at radius 3 is 2.53 bits per heavy atom. The fraction of sp³-hybridized carbons (Fsp3) is 0.304. The van der Waals surface area contributed by atoms with Crippen LogP contribution < -0.4 is 16.0 Å². The zero-order valence-corrected chi connectivity index (χ0v) is 19.1. The van der Waals surface area contributed by atoms with E-state index in [0.29, 0.717) is 17.3 Å². The van der Waals surface area contributed by atoms with Crippen molar-refractivity contribution in [2.24, 2.45) is 5.73 Å². The SMILES string of the molecule is Cl.Cl.N#Cc1ccnc(Nc2cc(C3CC3)cc(-c3ccc(N4CC[C@@H](N)C4)nc3)n2)c1. The first-order valence-corrected chi connectivity index (χ1v) is 10.3. The Bertz CT molecular complexity index is 1110. The molecule has 7 nitrogen and oxygen atoms in total. The number of hydrogen-bond donors (Lipinski definition) is 2. The van der Waals surface area contributed by atoms with Crippen LogP contribution in [0.25, 0.3) is 11.3 Å². The van der Waals surface area contributed by atoms with Gasteiger partial charge in [-0.3, -0.25) is 0 Å². The average Bonchev–Trinajstić information content (AvgIpc) is 3.54. The van der Waals surface area contributed by atoms with Crippen LogP contribution in [0.3, 0.4) is 0 Å². The van der Waals surface area contributed by atoms with Crippen LogP contribution in [0.5, 0.6) is 0 Å². The van der Waals surface area contributed by atoms with Gasteiger partial charge in [0.1, 0.15) is 17.5 Å². The molecule has 0 radical (unpaired) electrons. The molecule has 1 aliphatic carbocycles. The normalized spacial score (nSPS) is 17.1.